The Hall–Kier alpha value is -3.77. The van der Waals surface area contributed by atoms with Crippen molar-refractivity contribution in [3.63, 3.8) is 0 Å². The number of rotatable bonds is 5. The van der Waals surface area contributed by atoms with Gasteiger partial charge in [-0.2, -0.15) is 5.10 Å². The molecule has 0 aliphatic rings. The van der Waals surface area contributed by atoms with Crippen LogP contribution in [0.5, 0.6) is 0 Å². The molecule has 0 spiro atoms. The zero-order chi connectivity index (χ0) is 21.8. The van der Waals surface area contributed by atoms with E-state index in [1.54, 1.807) is 43.3 Å². The van der Waals surface area contributed by atoms with Crippen LogP contribution >= 0.6 is 11.6 Å². The maximum Gasteiger partial charge on any atom is 0.307 e. The number of para-hydroxylation sites is 1. The second kappa shape index (κ2) is 8.93. The van der Waals surface area contributed by atoms with Gasteiger partial charge in [-0.05, 0) is 42.3 Å². The van der Waals surface area contributed by atoms with E-state index in [0.717, 1.165) is 11.1 Å². The minimum absolute atomic E-state index is 0.000194. The van der Waals surface area contributed by atoms with Gasteiger partial charge in [-0.1, -0.05) is 66.2 Å². The van der Waals surface area contributed by atoms with Crippen LogP contribution in [0, 0.1) is 0 Å². The van der Waals surface area contributed by atoms with Crippen LogP contribution in [0.25, 0.3) is 10.9 Å². The highest BCUT2D eigenvalue weighted by Gasteiger charge is 2.17. The van der Waals surface area contributed by atoms with Crippen molar-refractivity contribution >= 4 is 34.1 Å². The first-order chi connectivity index (χ1) is 15.0. The number of fused-ring (bicyclic) bond motifs is 1. The number of amides is 1. The van der Waals surface area contributed by atoms with Gasteiger partial charge in [0.05, 0.1) is 23.2 Å². The van der Waals surface area contributed by atoms with Crippen molar-refractivity contribution in [2.24, 2.45) is 5.10 Å². The summed E-state index contributed by atoms with van der Waals surface area (Å²) in [6.45, 7) is 1.99. The Kier molecular flexibility index (Phi) is 5.91. The fraction of sp³-hybridized carbons (Fsp3) is 0.0833. The topological polar surface area (TPSA) is 76.3 Å². The van der Waals surface area contributed by atoms with E-state index in [2.05, 4.69) is 15.5 Å². The fourth-order valence-electron chi connectivity index (χ4n) is 3.19. The van der Waals surface area contributed by atoms with Gasteiger partial charge in [0.15, 0.2) is 0 Å². The first-order valence-electron chi connectivity index (χ1n) is 9.67. The van der Waals surface area contributed by atoms with Crippen molar-refractivity contribution in [3.8, 4) is 0 Å². The summed E-state index contributed by atoms with van der Waals surface area (Å²) in [7, 11) is 0. The fourth-order valence-corrected chi connectivity index (χ4v) is 3.32. The number of nitrogens with zero attached hydrogens (tertiary/aromatic N) is 3. The predicted molar refractivity (Wildman–Crippen MR) is 123 cm³/mol. The maximum atomic E-state index is 13.1. The van der Waals surface area contributed by atoms with E-state index in [4.69, 9.17) is 11.6 Å². The Morgan fingerprint density at radius 1 is 1.00 bits per heavy atom. The molecule has 7 heteroatoms. The number of carbonyl (C=O) groups excluding carboxylic acids is 1. The molecule has 0 bridgehead atoms. The number of hydrogen-bond donors (Lipinski definition) is 1. The van der Waals surface area contributed by atoms with Crippen molar-refractivity contribution in [2.75, 3.05) is 0 Å². The molecular weight excluding hydrogens is 412 g/mol. The van der Waals surface area contributed by atoms with Crippen molar-refractivity contribution < 1.29 is 4.79 Å². The Morgan fingerprint density at radius 3 is 2.42 bits per heavy atom. The molecule has 0 saturated heterocycles. The van der Waals surface area contributed by atoms with Gasteiger partial charge >= 0.3 is 5.91 Å². The molecule has 0 fully saturated rings. The smallest absolute Gasteiger partial charge is 0.283 e. The largest absolute Gasteiger partial charge is 0.307 e. The van der Waals surface area contributed by atoms with Gasteiger partial charge < -0.3 is 0 Å². The monoisotopic (exact) mass is 430 g/mol. The van der Waals surface area contributed by atoms with Crippen LogP contribution in [0.2, 0.25) is 5.02 Å². The Bertz CT molecular complexity index is 1330. The number of hydrazone groups is 1. The van der Waals surface area contributed by atoms with Crippen LogP contribution in [-0.4, -0.2) is 21.2 Å². The highest BCUT2D eigenvalue weighted by Crippen LogP contribution is 2.12. The van der Waals surface area contributed by atoms with E-state index in [-0.39, 0.29) is 17.9 Å². The standard InChI is InChI=1S/C24H19ClN4O2/c1-16(18-11-13-19(25)14-12-18)27-28-23(30)22-26-21-10-6-5-9-20(21)24(31)29(22)15-17-7-3-2-4-8-17/h2-14H,15H2,1H3,(H,28,30)/b27-16-. The molecule has 4 rings (SSSR count). The molecule has 0 aliphatic heterocycles. The predicted octanol–water partition coefficient (Wildman–Crippen LogP) is 4.25. The Labute approximate surface area is 183 Å². The lowest BCUT2D eigenvalue weighted by molar-refractivity contribution is 0.0939. The van der Waals surface area contributed by atoms with Crippen molar-refractivity contribution in [2.45, 2.75) is 13.5 Å². The number of carbonyl (C=O) groups is 1. The molecule has 1 heterocycles. The molecule has 1 aromatic heterocycles. The van der Waals surface area contributed by atoms with Crippen LogP contribution in [0.15, 0.2) is 88.8 Å². The zero-order valence-electron chi connectivity index (χ0n) is 16.7. The number of halogens is 1. The average Bonchev–Trinajstić information content (AvgIpc) is 2.80. The summed E-state index contributed by atoms with van der Waals surface area (Å²) in [5.74, 6) is -0.563. The highest BCUT2D eigenvalue weighted by atomic mass is 35.5. The van der Waals surface area contributed by atoms with Gasteiger partial charge in [-0.25, -0.2) is 10.4 Å². The van der Waals surface area contributed by atoms with Crippen LogP contribution in [-0.2, 0) is 6.54 Å². The minimum Gasteiger partial charge on any atom is -0.283 e. The van der Waals surface area contributed by atoms with Gasteiger partial charge in [0.1, 0.15) is 0 Å². The third-order valence-corrected chi connectivity index (χ3v) is 5.09. The van der Waals surface area contributed by atoms with E-state index in [9.17, 15) is 9.59 Å². The molecule has 0 aliphatic carbocycles. The lowest BCUT2D eigenvalue weighted by Crippen LogP contribution is -2.32. The SMILES string of the molecule is C/C(=N/NC(=O)c1nc2ccccc2c(=O)n1Cc1ccccc1)c1ccc(Cl)cc1. The van der Waals surface area contributed by atoms with E-state index in [1.165, 1.54) is 4.57 Å². The van der Waals surface area contributed by atoms with Gasteiger partial charge in [0.2, 0.25) is 5.82 Å². The summed E-state index contributed by atoms with van der Waals surface area (Å²) in [6.07, 6.45) is 0. The second-order valence-corrected chi connectivity index (χ2v) is 7.41. The molecule has 0 saturated carbocycles. The summed E-state index contributed by atoms with van der Waals surface area (Å²) in [5.41, 5.74) is 5.01. The summed E-state index contributed by atoms with van der Waals surface area (Å²) in [6, 6.07) is 23.5. The molecule has 0 atom stereocenters. The lowest BCUT2D eigenvalue weighted by Gasteiger charge is -2.13. The molecule has 4 aromatic rings. The summed E-state index contributed by atoms with van der Waals surface area (Å²) >= 11 is 5.92. The summed E-state index contributed by atoms with van der Waals surface area (Å²) in [5, 5.41) is 5.25. The number of aromatic nitrogens is 2. The Balaban J connectivity index is 1.72. The van der Waals surface area contributed by atoms with E-state index in [1.807, 2.05) is 42.5 Å². The molecule has 1 amide bonds. The summed E-state index contributed by atoms with van der Waals surface area (Å²) in [4.78, 5) is 30.6. The molecule has 1 N–H and O–H groups in total. The second-order valence-electron chi connectivity index (χ2n) is 6.97. The molecule has 0 unspecified atom stereocenters. The maximum absolute atomic E-state index is 13.1. The number of nitrogens with one attached hydrogen (secondary N) is 1. The molecular formula is C24H19ClN4O2. The highest BCUT2D eigenvalue weighted by molar-refractivity contribution is 6.30. The number of hydrogen-bond acceptors (Lipinski definition) is 4. The van der Waals surface area contributed by atoms with E-state index >= 15 is 0 Å². The van der Waals surface area contributed by atoms with Crippen LogP contribution in [0.4, 0.5) is 0 Å². The van der Waals surface area contributed by atoms with Crippen molar-refractivity contribution in [1.82, 2.24) is 15.0 Å². The molecule has 0 radical (unpaired) electrons. The molecule has 154 valence electrons. The van der Waals surface area contributed by atoms with Gasteiger partial charge in [0.25, 0.3) is 5.56 Å². The van der Waals surface area contributed by atoms with E-state index in [0.29, 0.717) is 21.6 Å². The van der Waals surface area contributed by atoms with Crippen LogP contribution in [0.1, 0.15) is 28.7 Å². The quantitative estimate of drug-likeness (QED) is 0.380. The first-order valence-corrected chi connectivity index (χ1v) is 10.0. The van der Waals surface area contributed by atoms with Crippen molar-refractivity contribution in [1.29, 1.82) is 0 Å². The van der Waals surface area contributed by atoms with Gasteiger partial charge in [0, 0.05) is 5.02 Å². The summed E-state index contributed by atoms with van der Waals surface area (Å²) < 4.78 is 1.38. The third-order valence-electron chi connectivity index (χ3n) is 4.84. The third kappa shape index (κ3) is 4.54. The molecule has 3 aromatic carbocycles. The normalized spacial score (nSPS) is 11.5. The van der Waals surface area contributed by atoms with Gasteiger partial charge in [-0.15, -0.1) is 0 Å². The van der Waals surface area contributed by atoms with E-state index < -0.39 is 5.91 Å². The zero-order valence-corrected chi connectivity index (χ0v) is 17.5. The van der Waals surface area contributed by atoms with Crippen LogP contribution in [0.3, 0.4) is 0 Å². The molecule has 6 nitrogen and oxygen atoms in total. The van der Waals surface area contributed by atoms with Crippen LogP contribution < -0.4 is 11.0 Å². The molecule has 31 heavy (non-hydrogen) atoms. The van der Waals surface area contributed by atoms with Crippen molar-refractivity contribution in [3.05, 3.63) is 111 Å². The first kappa shape index (κ1) is 20.5. The minimum atomic E-state index is -0.563. The number of benzene rings is 3. The Morgan fingerprint density at radius 2 is 1.68 bits per heavy atom. The average molecular weight is 431 g/mol. The lowest BCUT2D eigenvalue weighted by atomic mass is 10.1. The van der Waals surface area contributed by atoms with Gasteiger partial charge in [-0.3, -0.25) is 14.2 Å².